The van der Waals surface area contributed by atoms with E-state index in [0.717, 1.165) is 36.3 Å². The number of imidazole rings is 1. The molecular weight excluding hydrogens is 299 g/mol. The molecule has 2 nitrogen and oxygen atoms in total. The molecule has 0 saturated heterocycles. The number of nitrogens with one attached hydrogen (secondary N) is 1. The molecule has 124 valence electrons. The van der Waals surface area contributed by atoms with Crippen LogP contribution in [0.5, 0.6) is 0 Å². The number of aromatic nitrogens is 2. The summed E-state index contributed by atoms with van der Waals surface area (Å²) >= 11 is 0. The van der Waals surface area contributed by atoms with Gasteiger partial charge in [-0.15, -0.1) is 0 Å². The maximum absolute atomic E-state index is 13.0. The number of aryl methyl sites for hydroxylation is 2. The summed E-state index contributed by atoms with van der Waals surface area (Å²) in [4.78, 5) is 7.76. The predicted octanol–water partition coefficient (Wildman–Crippen LogP) is 5.20. The molecule has 1 heterocycles. The van der Waals surface area contributed by atoms with Gasteiger partial charge >= 0.3 is 0 Å². The van der Waals surface area contributed by atoms with Gasteiger partial charge in [-0.2, -0.15) is 0 Å². The van der Waals surface area contributed by atoms with Gasteiger partial charge in [-0.3, -0.25) is 0 Å². The Morgan fingerprint density at radius 2 is 1.58 bits per heavy atom. The summed E-state index contributed by atoms with van der Waals surface area (Å²) in [5.41, 5.74) is 4.60. The van der Waals surface area contributed by atoms with Crippen molar-refractivity contribution in [2.75, 3.05) is 0 Å². The van der Waals surface area contributed by atoms with Crippen LogP contribution in [-0.2, 0) is 19.3 Å². The molecule has 1 aromatic heterocycles. The third-order valence-corrected chi connectivity index (χ3v) is 4.10. The number of rotatable bonds is 6. The van der Waals surface area contributed by atoms with Crippen molar-refractivity contribution in [2.45, 2.75) is 33.1 Å². The summed E-state index contributed by atoms with van der Waals surface area (Å²) in [7, 11) is 0. The van der Waals surface area contributed by atoms with Crippen LogP contribution >= 0.6 is 0 Å². The molecule has 24 heavy (non-hydrogen) atoms. The van der Waals surface area contributed by atoms with Crippen LogP contribution in [0.25, 0.3) is 11.3 Å². The van der Waals surface area contributed by atoms with Crippen molar-refractivity contribution >= 4 is 0 Å². The molecule has 0 saturated carbocycles. The third kappa shape index (κ3) is 4.31. The van der Waals surface area contributed by atoms with Gasteiger partial charge in [-0.05, 0) is 59.7 Å². The van der Waals surface area contributed by atoms with E-state index in [9.17, 15) is 4.39 Å². The first kappa shape index (κ1) is 16.4. The number of nitrogens with zero attached hydrogens (tertiary/aromatic N) is 1. The van der Waals surface area contributed by atoms with E-state index < -0.39 is 0 Å². The SMILES string of the molecule is CC(C)Cc1ccc(CCc2ncc(-c3ccc(F)cc3)[nH]2)cc1. The van der Waals surface area contributed by atoms with Gasteiger partial charge in [-0.1, -0.05) is 38.1 Å². The maximum atomic E-state index is 13.0. The van der Waals surface area contributed by atoms with Crippen molar-refractivity contribution in [3.05, 3.63) is 77.5 Å². The minimum absolute atomic E-state index is 0.223. The van der Waals surface area contributed by atoms with E-state index in [1.807, 2.05) is 6.20 Å². The Bertz CT molecular complexity index is 770. The van der Waals surface area contributed by atoms with Gasteiger partial charge < -0.3 is 4.98 Å². The maximum Gasteiger partial charge on any atom is 0.123 e. The highest BCUT2D eigenvalue weighted by molar-refractivity contribution is 5.58. The Morgan fingerprint density at radius 3 is 2.25 bits per heavy atom. The quantitative estimate of drug-likeness (QED) is 0.664. The van der Waals surface area contributed by atoms with Crippen LogP contribution in [0, 0.1) is 11.7 Å². The zero-order valence-electron chi connectivity index (χ0n) is 14.2. The molecule has 0 bridgehead atoms. The molecule has 2 aromatic carbocycles. The summed E-state index contributed by atoms with van der Waals surface area (Å²) < 4.78 is 13.0. The Labute approximate surface area is 142 Å². The molecule has 1 N–H and O–H groups in total. The van der Waals surface area contributed by atoms with Gasteiger partial charge in [0, 0.05) is 6.42 Å². The first-order valence-electron chi connectivity index (χ1n) is 8.48. The third-order valence-electron chi connectivity index (χ3n) is 4.10. The van der Waals surface area contributed by atoms with E-state index >= 15 is 0 Å². The van der Waals surface area contributed by atoms with E-state index in [0.29, 0.717) is 5.92 Å². The molecule has 0 fully saturated rings. The van der Waals surface area contributed by atoms with Gasteiger partial charge in [-0.25, -0.2) is 9.37 Å². The lowest BCUT2D eigenvalue weighted by Crippen LogP contribution is -1.96. The van der Waals surface area contributed by atoms with Crippen molar-refractivity contribution in [3.8, 4) is 11.3 Å². The van der Waals surface area contributed by atoms with Gasteiger partial charge in [0.15, 0.2) is 0 Å². The molecule has 0 atom stereocenters. The number of halogens is 1. The molecule has 0 unspecified atom stereocenters. The topological polar surface area (TPSA) is 28.7 Å². The lowest BCUT2D eigenvalue weighted by molar-refractivity contribution is 0.628. The molecule has 3 rings (SSSR count). The van der Waals surface area contributed by atoms with Crippen LogP contribution in [0.3, 0.4) is 0 Å². The molecule has 0 spiro atoms. The molecule has 0 aliphatic heterocycles. The Kier molecular flexibility index (Phi) is 5.09. The second-order valence-electron chi connectivity index (χ2n) is 6.66. The molecule has 3 aromatic rings. The highest BCUT2D eigenvalue weighted by Crippen LogP contribution is 2.18. The molecular formula is C21H23FN2. The highest BCUT2D eigenvalue weighted by Gasteiger charge is 2.05. The summed E-state index contributed by atoms with van der Waals surface area (Å²) in [6, 6.07) is 15.3. The minimum atomic E-state index is -0.223. The Morgan fingerprint density at radius 1 is 0.917 bits per heavy atom. The minimum Gasteiger partial charge on any atom is -0.342 e. The van der Waals surface area contributed by atoms with E-state index in [1.54, 1.807) is 12.1 Å². The Hall–Kier alpha value is -2.42. The first-order chi connectivity index (χ1) is 11.6. The number of benzene rings is 2. The average molecular weight is 322 g/mol. The highest BCUT2D eigenvalue weighted by atomic mass is 19.1. The van der Waals surface area contributed by atoms with Gasteiger partial charge in [0.05, 0.1) is 11.9 Å². The summed E-state index contributed by atoms with van der Waals surface area (Å²) in [6.45, 7) is 4.48. The number of aromatic amines is 1. The van der Waals surface area contributed by atoms with Crippen LogP contribution in [0.2, 0.25) is 0 Å². The van der Waals surface area contributed by atoms with Crippen molar-refractivity contribution in [2.24, 2.45) is 5.92 Å². The van der Waals surface area contributed by atoms with Crippen molar-refractivity contribution < 1.29 is 4.39 Å². The van der Waals surface area contributed by atoms with Crippen molar-refractivity contribution in [1.82, 2.24) is 9.97 Å². The van der Waals surface area contributed by atoms with Crippen molar-refractivity contribution in [1.29, 1.82) is 0 Å². The lowest BCUT2D eigenvalue weighted by atomic mass is 10.0. The molecule has 0 aliphatic carbocycles. The summed E-state index contributed by atoms with van der Waals surface area (Å²) in [6.07, 6.45) is 4.76. The van der Waals surface area contributed by atoms with Gasteiger partial charge in [0.2, 0.25) is 0 Å². The average Bonchev–Trinajstić information content (AvgIpc) is 3.03. The zero-order chi connectivity index (χ0) is 16.9. The second kappa shape index (κ2) is 7.43. The molecule has 3 heteroatoms. The Balaban J connectivity index is 1.60. The molecule has 0 aliphatic rings. The van der Waals surface area contributed by atoms with Gasteiger partial charge in [0.1, 0.15) is 11.6 Å². The normalized spacial score (nSPS) is 11.2. The fraction of sp³-hybridized carbons (Fsp3) is 0.286. The fourth-order valence-electron chi connectivity index (χ4n) is 2.84. The lowest BCUT2D eigenvalue weighted by Gasteiger charge is -2.06. The monoisotopic (exact) mass is 322 g/mol. The fourth-order valence-corrected chi connectivity index (χ4v) is 2.84. The van der Waals surface area contributed by atoms with Crippen LogP contribution < -0.4 is 0 Å². The largest absolute Gasteiger partial charge is 0.342 e. The van der Waals surface area contributed by atoms with E-state index in [-0.39, 0.29) is 5.82 Å². The van der Waals surface area contributed by atoms with Crippen LogP contribution in [-0.4, -0.2) is 9.97 Å². The molecule has 0 amide bonds. The number of H-pyrrole nitrogens is 1. The first-order valence-corrected chi connectivity index (χ1v) is 8.48. The van der Waals surface area contributed by atoms with Gasteiger partial charge in [0.25, 0.3) is 0 Å². The zero-order valence-corrected chi connectivity index (χ0v) is 14.2. The second-order valence-corrected chi connectivity index (χ2v) is 6.66. The van der Waals surface area contributed by atoms with Crippen LogP contribution in [0.15, 0.2) is 54.7 Å². The van der Waals surface area contributed by atoms with Crippen LogP contribution in [0.1, 0.15) is 30.8 Å². The molecule has 0 radical (unpaired) electrons. The van der Waals surface area contributed by atoms with E-state index in [4.69, 9.17) is 0 Å². The van der Waals surface area contributed by atoms with Crippen LogP contribution in [0.4, 0.5) is 4.39 Å². The summed E-state index contributed by atoms with van der Waals surface area (Å²) in [5.74, 6) is 1.42. The smallest absolute Gasteiger partial charge is 0.123 e. The predicted molar refractivity (Wildman–Crippen MR) is 96.4 cm³/mol. The van der Waals surface area contributed by atoms with Crippen molar-refractivity contribution in [3.63, 3.8) is 0 Å². The summed E-state index contributed by atoms with van der Waals surface area (Å²) in [5, 5.41) is 0. The number of hydrogen-bond donors (Lipinski definition) is 1. The van der Waals surface area contributed by atoms with E-state index in [1.165, 1.54) is 23.3 Å². The number of hydrogen-bond acceptors (Lipinski definition) is 1. The van der Waals surface area contributed by atoms with E-state index in [2.05, 4.69) is 48.1 Å². The standard InChI is InChI=1S/C21H23FN2/c1-15(2)13-17-5-3-16(4-6-17)7-12-21-23-14-20(24-21)18-8-10-19(22)11-9-18/h3-6,8-11,14-15H,7,12-13H2,1-2H3,(H,23,24).